The zero-order valence-electron chi connectivity index (χ0n) is 15.9. The van der Waals surface area contributed by atoms with Crippen molar-refractivity contribution in [1.29, 1.82) is 0 Å². The number of amides is 1. The van der Waals surface area contributed by atoms with Gasteiger partial charge in [-0.05, 0) is 32.4 Å². The van der Waals surface area contributed by atoms with Gasteiger partial charge in [-0.25, -0.2) is 19.3 Å². The topological polar surface area (TPSA) is 71.0 Å². The van der Waals surface area contributed by atoms with E-state index in [9.17, 15) is 9.18 Å². The molecular formula is C20H19ClFN5OS. The lowest BCUT2D eigenvalue weighted by Gasteiger charge is -2.17. The number of aryl methyl sites for hydroxylation is 2. The molecule has 1 fully saturated rings. The average molecular weight is 432 g/mol. The number of hydrogen-bond donors (Lipinski definition) is 1. The Morgan fingerprint density at radius 3 is 2.93 bits per heavy atom. The first-order valence-corrected chi connectivity index (χ1v) is 10.4. The van der Waals surface area contributed by atoms with Gasteiger partial charge in [0.25, 0.3) is 5.91 Å². The third kappa shape index (κ3) is 4.23. The number of anilines is 2. The number of halogens is 2. The van der Waals surface area contributed by atoms with Crippen LogP contribution in [0.1, 0.15) is 39.1 Å². The van der Waals surface area contributed by atoms with E-state index in [-0.39, 0.29) is 22.4 Å². The van der Waals surface area contributed by atoms with Crippen LogP contribution in [0.2, 0.25) is 5.02 Å². The predicted molar refractivity (Wildman–Crippen MR) is 112 cm³/mol. The maximum absolute atomic E-state index is 14.2. The number of nitrogens with zero attached hydrogens (tertiary/aromatic N) is 4. The molecule has 1 saturated heterocycles. The number of benzene rings is 1. The second-order valence-corrected chi connectivity index (χ2v) is 8.63. The molecule has 2 aromatic heterocycles. The number of hydrogen-bond acceptors (Lipinski definition) is 6. The molecule has 1 aromatic carbocycles. The summed E-state index contributed by atoms with van der Waals surface area (Å²) < 4.78 is 14.2. The Hall–Kier alpha value is -2.58. The fourth-order valence-corrected chi connectivity index (χ4v) is 4.20. The Bertz CT molecular complexity index is 1070. The zero-order chi connectivity index (χ0) is 20.5. The van der Waals surface area contributed by atoms with Crippen LogP contribution in [-0.4, -0.2) is 38.8 Å². The summed E-state index contributed by atoms with van der Waals surface area (Å²) in [5, 5.41) is 3.93. The highest BCUT2D eigenvalue weighted by Crippen LogP contribution is 2.29. The van der Waals surface area contributed by atoms with Crippen molar-refractivity contribution in [2.45, 2.75) is 26.2 Å². The fraction of sp³-hybridized carbons (Fsp3) is 0.300. The average Bonchev–Trinajstić information content (AvgIpc) is 3.32. The van der Waals surface area contributed by atoms with Gasteiger partial charge in [-0.3, -0.25) is 4.79 Å². The standard InChI is InChI=1S/C20H19ClFN5OS/c1-11-8-16(26-20-23-9-12(2)29-20)25-18(24-11)13-6-7-27(10-13)19(28)14-4-3-5-15(21)17(14)22/h3-5,8-9,13H,6-7,10H2,1-2H3,(H,23,24,25,26)/t13-/m1/s1. The van der Waals surface area contributed by atoms with E-state index in [1.54, 1.807) is 28.5 Å². The van der Waals surface area contributed by atoms with E-state index in [1.807, 2.05) is 19.9 Å². The first-order chi connectivity index (χ1) is 13.9. The maximum Gasteiger partial charge on any atom is 0.256 e. The van der Waals surface area contributed by atoms with Gasteiger partial charge in [0.1, 0.15) is 11.6 Å². The van der Waals surface area contributed by atoms with E-state index in [0.29, 0.717) is 31.2 Å². The van der Waals surface area contributed by atoms with Crippen LogP contribution in [0, 0.1) is 19.7 Å². The monoisotopic (exact) mass is 431 g/mol. The van der Waals surface area contributed by atoms with Crippen molar-refractivity contribution in [3.63, 3.8) is 0 Å². The third-order valence-electron chi connectivity index (χ3n) is 4.75. The Morgan fingerprint density at radius 2 is 2.17 bits per heavy atom. The van der Waals surface area contributed by atoms with Crippen molar-refractivity contribution < 1.29 is 9.18 Å². The van der Waals surface area contributed by atoms with Gasteiger partial charge in [-0.1, -0.05) is 17.7 Å². The van der Waals surface area contributed by atoms with Gasteiger partial charge in [0.05, 0.1) is 10.6 Å². The summed E-state index contributed by atoms with van der Waals surface area (Å²) in [5.74, 6) is 0.284. The Kier molecular flexibility index (Phi) is 5.47. The highest BCUT2D eigenvalue weighted by atomic mass is 35.5. The van der Waals surface area contributed by atoms with Crippen molar-refractivity contribution in [2.75, 3.05) is 18.4 Å². The minimum atomic E-state index is -0.681. The Labute approximate surface area is 176 Å². The van der Waals surface area contributed by atoms with Crippen LogP contribution >= 0.6 is 22.9 Å². The summed E-state index contributed by atoms with van der Waals surface area (Å²) in [6.45, 7) is 4.85. The molecular weight excluding hydrogens is 413 g/mol. The minimum absolute atomic E-state index is 0.00944. The van der Waals surface area contributed by atoms with Gasteiger partial charge in [0, 0.05) is 41.8 Å². The van der Waals surface area contributed by atoms with Gasteiger partial charge in [0.2, 0.25) is 0 Å². The molecule has 29 heavy (non-hydrogen) atoms. The number of carbonyl (C=O) groups excluding carboxylic acids is 1. The van der Waals surface area contributed by atoms with Crippen molar-refractivity contribution in [3.05, 3.63) is 63.3 Å². The van der Waals surface area contributed by atoms with Crippen LogP contribution in [0.5, 0.6) is 0 Å². The number of likely N-dealkylation sites (tertiary alicyclic amines) is 1. The number of nitrogens with one attached hydrogen (secondary N) is 1. The predicted octanol–water partition coefficient (Wildman–Crippen LogP) is 4.72. The van der Waals surface area contributed by atoms with Gasteiger partial charge in [0.15, 0.2) is 10.9 Å². The smallest absolute Gasteiger partial charge is 0.256 e. The highest BCUT2D eigenvalue weighted by Gasteiger charge is 2.31. The SMILES string of the molecule is Cc1cc(Nc2ncc(C)s2)nc([C@@H]2CCN(C(=O)c3cccc(Cl)c3F)C2)n1. The molecule has 3 heterocycles. The zero-order valence-corrected chi connectivity index (χ0v) is 17.5. The van der Waals surface area contributed by atoms with Crippen LogP contribution in [0.4, 0.5) is 15.3 Å². The molecule has 0 bridgehead atoms. The summed E-state index contributed by atoms with van der Waals surface area (Å²) in [7, 11) is 0. The van der Waals surface area contributed by atoms with Gasteiger partial charge < -0.3 is 10.2 Å². The molecule has 1 atom stereocenters. The highest BCUT2D eigenvalue weighted by molar-refractivity contribution is 7.15. The first-order valence-electron chi connectivity index (χ1n) is 9.19. The molecule has 1 amide bonds. The summed E-state index contributed by atoms with van der Waals surface area (Å²) in [6, 6.07) is 6.32. The maximum atomic E-state index is 14.2. The molecule has 6 nitrogen and oxygen atoms in total. The molecule has 1 N–H and O–H groups in total. The quantitative estimate of drug-likeness (QED) is 0.647. The van der Waals surface area contributed by atoms with Crippen molar-refractivity contribution in [3.8, 4) is 0 Å². The summed E-state index contributed by atoms with van der Waals surface area (Å²) in [4.78, 5) is 29.0. The molecule has 150 valence electrons. The summed E-state index contributed by atoms with van der Waals surface area (Å²) in [6.07, 6.45) is 2.52. The largest absolute Gasteiger partial charge is 0.338 e. The molecule has 4 rings (SSSR count). The number of carbonyl (C=O) groups is 1. The van der Waals surface area contributed by atoms with Gasteiger partial charge in [-0.2, -0.15) is 0 Å². The molecule has 1 aliphatic rings. The third-order valence-corrected chi connectivity index (χ3v) is 5.87. The van der Waals surface area contributed by atoms with E-state index in [4.69, 9.17) is 11.6 Å². The molecule has 9 heteroatoms. The van der Waals surface area contributed by atoms with E-state index in [2.05, 4.69) is 20.3 Å². The second kappa shape index (κ2) is 8.04. The lowest BCUT2D eigenvalue weighted by atomic mass is 10.1. The lowest BCUT2D eigenvalue weighted by molar-refractivity contribution is 0.0786. The van der Waals surface area contributed by atoms with Crippen molar-refractivity contribution in [1.82, 2.24) is 19.9 Å². The number of thiazole rings is 1. The van der Waals surface area contributed by atoms with E-state index in [1.165, 1.54) is 12.1 Å². The molecule has 0 saturated carbocycles. The van der Waals surface area contributed by atoms with E-state index < -0.39 is 5.82 Å². The normalized spacial score (nSPS) is 16.3. The molecule has 0 spiro atoms. The Balaban J connectivity index is 1.51. The fourth-order valence-electron chi connectivity index (χ4n) is 3.35. The van der Waals surface area contributed by atoms with Gasteiger partial charge >= 0.3 is 0 Å². The molecule has 0 unspecified atom stereocenters. The van der Waals surface area contributed by atoms with Crippen LogP contribution in [0.3, 0.4) is 0 Å². The van der Waals surface area contributed by atoms with Crippen LogP contribution in [-0.2, 0) is 0 Å². The molecule has 3 aromatic rings. The number of aromatic nitrogens is 3. The summed E-state index contributed by atoms with van der Waals surface area (Å²) in [5.41, 5.74) is 0.821. The van der Waals surface area contributed by atoms with Crippen LogP contribution in [0.25, 0.3) is 0 Å². The van der Waals surface area contributed by atoms with E-state index >= 15 is 0 Å². The second-order valence-electron chi connectivity index (χ2n) is 6.99. The summed E-state index contributed by atoms with van der Waals surface area (Å²) >= 11 is 7.36. The van der Waals surface area contributed by atoms with Crippen molar-refractivity contribution in [2.24, 2.45) is 0 Å². The number of rotatable bonds is 4. The minimum Gasteiger partial charge on any atom is -0.338 e. The Morgan fingerprint density at radius 1 is 1.34 bits per heavy atom. The van der Waals surface area contributed by atoms with Crippen LogP contribution < -0.4 is 5.32 Å². The van der Waals surface area contributed by atoms with Crippen molar-refractivity contribution >= 4 is 39.8 Å². The first kappa shape index (κ1) is 19.7. The molecule has 0 radical (unpaired) electrons. The molecule has 0 aliphatic carbocycles. The molecule has 1 aliphatic heterocycles. The van der Waals surface area contributed by atoms with E-state index in [0.717, 1.165) is 15.7 Å². The van der Waals surface area contributed by atoms with Crippen LogP contribution in [0.15, 0.2) is 30.5 Å². The lowest BCUT2D eigenvalue weighted by Crippen LogP contribution is -2.29. The van der Waals surface area contributed by atoms with Gasteiger partial charge in [-0.15, -0.1) is 11.3 Å².